The van der Waals surface area contributed by atoms with Crippen LogP contribution in [0.25, 0.3) is 0 Å². The smallest absolute Gasteiger partial charge is 0.387 e. The third kappa shape index (κ3) is 5.11. The van der Waals surface area contributed by atoms with Crippen LogP contribution in [0, 0.1) is 5.92 Å². The topological polar surface area (TPSA) is 75.6 Å². The minimum atomic E-state index is -3.28. The lowest BCUT2D eigenvalue weighted by molar-refractivity contribution is -0.0503. The number of aromatic nitrogens is 2. The van der Waals surface area contributed by atoms with E-state index in [-0.39, 0.29) is 22.6 Å². The monoisotopic (exact) mass is 426 g/mol. The van der Waals surface area contributed by atoms with Gasteiger partial charge in [-0.25, -0.2) is 18.4 Å². The van der Waals surface area contributed by atoms with Gasteiger partial charge in [-0.15, -0.1) is 0 Å². The summed E-state index contributed by atoms with van der Waals surface area (Å²) < 4.78 is 52.7. The predicted octanol–water partition coefficient (Wildman–Crippen LogP) is 2.83. The number of sulfone groups is 1. The summed E-state index contributed by atoms with van der Waals surface area (Å²) in [6.07, 6.45) is 3.68. The van der Waals surface area contributed by atoms with Crippen molar-refractivity contribution in [1.29, 1.82) is 0 Å². The van der Waals surface area contributed by atoms with Crippen molar-refractivity contribution in [2.75, 3.05) is 35.7 Å². The minimum Gasteiger partial charge on any atom is -0.432 e. The molecule has 0 spiro atoms. The van der Waals surface area contributed by atoms with Crippen LogP contribution in [-0.2, 0) is 9.84 Å². The summed E-state index contributed by atoms with van der Waals surface area (Å²) in [6, 6.07) is 6.98. The van der Waals surface area contributed by atoms with Gasteiger partial charge >= 0.3 is 6.61 Å². The maximum atomic E-state index is 12.3. The van der Waals surface area contributed by atoms with Gasteiger partial charge in [0, 0.05) is 31.6 Å². The summed E-state index contributed by atoms with van der Waals surface area (Å²) in [7, 11) is -3.28. The number of benzene rings is 1. The molecular weight excluding hydrogens is 402 g/mol. The summed E-state index contributed by atoms with van der Waals surface area (Å²) in [6.45, 7) is 3.17. The highest BCUT2D eigenvalue weighted by atomic mass is 32.2. The van der Waals surface area contributed by atoms with Gasteiger partial charge in [-0.1, -0.05) is 19.9 Å². The van der Waals surface area contributed by atoms with E-state index in [2.05, 4.69) is 33.5 Å². The number of piperazine rings is 1. The number of rotatable bonds is 6. The molecule has 1 aliphatic heterocycles. The van der Waals surface area contributed by atoms with Gasteiger partial charge in [0.25, 0.3) is 0 Å². The zero-order chi connectivity index (χ0) is 21.2. The molecule has 3 rings (SSSR count). The van der Waals surface area contributed by atoms with Crippen LogP contribution < -0.4 is 14.5 Å². The average molecular weight is 426 g/mol. The predicted molar refractivity (Wildman–Crippen MR) is 106 cm³/mol. The summed E-state index contributed by atoms with van der Waals surface area (Å²) in [4.78, 5) is 12.9. The second-order valence-electron chi connectivity index (χ2n) is 7.32. The lowest BCUT2D eigenvalue weighted by atomic mass is 9.99. The molecule has 2 aromatic rings. The zero-order valence-corrected chi connectivity index (χ0v) is 17.3. The molecule has 1 aromatic heterocycles. The van der Waals surface area contributed by atoms with Crippen molar-refractivity contribution in [2.45, 2.75) is 31.4 Å². The Bertz CT molecular complexity index is 939. The van der Waals surface area contributed by atoms with E-state index in [0.29, 0.717) is 25.6 Å². The highest BCUT2D eigenvalue weighted by Crippen LogP contribution is 2.27. The number of nitrogens with zero attached hydrogens (tertiary/aromatic N) is 4. The van der Waals surface area contributed by atoms with Crippen LogP contribution in [0.2, 0.25) is 0 Å². The molecule has 1 aromatic carbocycles. The van der Waals surface area contributed by atoms with Crippen LogP contribution in [0.1, 0.15) is 13.8 Å². The van der Waals surface area contributed by atoms with Crippen molar-refractivity contribution >= 4 is 21.5 Å². The molecule has 1 atom stereocenters. The lowest BCUT2D eigenvalue weighted by Crippen LogP contribution is -2.56. The standard InChI is InChI=1S/C19H24F2N4O3S/c1-13(2)17-12-24(14-5-4-6-16(9-14)29(3,26)27)7-8-25(17)19-22-10-15(11-23-19)28-18(20)21/h4-6,9-11,13,17-18H,7-8,12H2,1-3H3/t17-/m0/s1. The van der Waals surface area contributed by atoms with E-state index in [1.54, 1.807) is 18.2 Å². The van der Waals surface area contributed by atoms with Gasteiger partial charge in [0.1, 0.15) is 0 Å². The van der Waals surface area contributed by atoms with Crippen molar-refractivity contribution in [3.05, 3.63) is 36.7 Å². The Hall–Kier alpha value is -2.49. The third-order valence-electron chi connectivity index (χ3n) is 4.90. The van der Waals surface area contributed by atoms with Gasteiger partial charge in [0.2, 0.25) is 5.95 Å². The molecule has 1 fully saturated rings. The van der Waals surface area contributed by atoms with E-state index in [1.165, 1.54) is 18.6 Å². The fraction of sp³-hybridized carbons (Fsp3) is 0.474. The molecule has 0 bridgehead atoms. The van der Waals surface area contributed by atoms with Crippen LogP contribution in [0.5, 0.6) is 5.75 Å². The van der Waals surface area contributed by atoms with E-state index in [9.17, 15) is 17.2 Å². The van der Waals surface area contributed by atoms with Crippen molar-refractivity contribution in [2.24, 2.45) is 5.92 Å². The normalized spacial score (nSPS) is 17.8. The Morgan fingerprint density at radius 3 is 2.45 bits per heavy atom. The summed E-state index contributed by atoms with van der Waals surface area (Å²) in [5.41, 5.74) is 0.847. The molecule has 7 nitrogen and oxygen atoms in total. The maximum absolute atomic E-state index is 12.3. The van der Waals surface area contributed by atoms with Gasteiger partial charge in [0.15, 0.2) is 15.6 Å². The summed E-state index contributed by atoms with van der Waals surface area (Å²) in [5, 5.41) is 0. The maximum Gasteiger partial charge on any atom is 0.387 e. The first-order valence-corrected chi connectivity index (χ1v) is 11.1. The van der Waals surface area contributed by atoms with Gasteiger partial charge < -0.3 is 14.5 Å². The van der Waals surface area contributed by atoms with Crippen molar-refractivity contribution in [1.82, 2.24) is 9.97 Å². The molecule has 0 aliphatic carbocycles. The molecule has 0 unspecified atom stereocenters. The van der Waals surface area contributed by atoms with E-state index in [1.807, 2.05) is 11.0 Å². The second kappa shape index (κ2) is 8.48. The number of alkyl halides is 2. The van der Waals surface area contributed by atoms with Crippen LogP contribution in [0.4, 0.5) is 20.4 Å². The summed E-state index contributed by atoms with van der Waals surface area (Å²) >= 11 is 0. The fourth-order valence-electron chi connectivity index (χ4n) is 3.40. The van der Waals surface area contributed by atoms with Crippen molar-refractivity contribution < 1.29 is 21.9 Å². The van der Waals surface area contributed by atoms with Crippen LogP contribution >= 0.6 is 0 Å². The second-order valence-corrected chi connectivity index (χ2v) is 9.33. The number of anilines is 2. The Morgan fingerprint density at radius 2 is 1.86 bits per heavy atom. The van der Waals surface area contributed by atoms with Crippen molar-refractivity contribution in [3.63, 3.8) is 0 Å². The number of hydrogen-bond acceptors (Lipinski definition) is 7. The Balaban J connectivity index is 1.80. The Labute approximate surface area is 169 Å². The molecule has 10 heteroatoms. The largest absolute Gasteiger partial charge is 0.432 e. The number of halogens is 2. The van der Waals surface area contributed by atoms with Crippen molar-refractivity contribution in [3.8, 4) is 5.75 Å². The van der Waals surface area contributed by atoms with E-state index >= 15 is 0 Å². The quantitative estimate of drug-likeness (QED) is 0.703. The molecule has 0 amide bonds. The van der Waals surface area contributed by atoms with E-state index in [4.69, 9.17) is 0 Å². The molecule has 2 heterocycles. The van der Waals surface area contributed by atoms with Gasteiger partial charge in [-0.3, -0.25) is 0 Å². The molecule has 0 saturated carbocycles. The molecular formula is C19H24F2N4O3S. The number of hydrogen-bond donors (Lipinski definition) is 0. The molecule has 0 radical (unpaired) electrons. The molecule has 1 aliphatic rings. The fourth-order valence-corrected chi connectivity index (χ4v) is 4.06. The third-order valence-corrected chi connectivity index (χ3v) is 6.01. The summed E-state index contributed by atoms with van der Waals surface area (Å²) in [5.74, 6) is 0.632. The van der Waals surface area contributed by atoms with Crippen LogP contribution in [0.15, 0.2) is 41.6 Å². The SMILES string of the molecule is CC(C)[C@@H]1CN(c2cccc(S(C)(=O)=O)c2)CCN1c1ncc(OC(F)F)cn1. The van der Waals surface area contributed by atoms with Crippen LogP contribution in [-0.4, -0.2) is 56.9 Å². The zero-order valence-electron chi connectivity index (χ0n) is 16.5. The first-order chi connectivity index (χ1) is 13.6. The average Bonchev–Trinajstić information content (AvgIpc) is 2.67. The van der Waals surface area contributed by atoms with E-state index < -0.39 is 16.4 Å². The molecule has 158 valence electrons. The highest BCUT2D eigenvalue weighted by molar-refractivity contribution is 7.90. The molecule has 1 saturated heterocycles. The first kappa shape index (κ1) is 21.2. The Kier molecular flexibility index (Phi) is 6.21. The van der Waals surface area contributed by atoms with Gasteiger partial charge in [-0.05, 0) is 24.1 Å². The highest BCUT2D eigenvalue weighted by Gasteiger charge is 2.31. The van der Waals surface area contributed by atoms with E-state index in [0.717, 1.165) is 5.69 Å². The molecule has 29 heavy (non-hydrogen) atoms. The Morgan fingerprint density at radius 1 is 1.17 bits per heavy atom. The minimum absolute atomic E-state index is 0.0625. The van der Waals surface area contributed by atoms with Gasteiger partial charge in [-0.2, -0.15) is 8.78 Å². The van der Waals surface area contributed by atoms with Gasteiger partial charge in [0.05, 0.1) is 23.3 Å². The number of ether oxygens (including phenoxy) is 1. The lowest BCUT2D eigenvalue weighted by Gasteiger charge is -2.44. The molecule has 0 N–H and O–H groups in total. The first-order valence-electron chi connectivity index (χ1n) is 9.23. The van der Waals surface area contributed by atoms with Crippen LogP contribution in [0.3, 0.4) is 0 Å².